The molecule has 31 heavy (non-hydrogen) atoms. The lowest BCUT2D eigenvalue weighted by atomic mass is 10.1. The zero-order valence-corrected chi connectivity index (χ0v) is 16.6. The molecule has 2 aromatic carbocycles. The number of nitrogens with one attached hydrogen (secondary N) is 1. The third-order valence-corrected chi connectivity index (χ3v) is 5.11. The second-order valence-electron chi connectivity index (χ2n) is 7.33. The number of anilines is 2. The van der Waals surface area contributed by atoms with Crippen molar-refractivity contribution in [1.29, 1.82) is 0 Å². The Hall–Kier alpha value is -3.43. The maximum absolute atomic E-state index is 13.7. The van der Waals surface area contributed by atoms with Crippen molar-refractivity contribution in [2.75, 3.05) is 23.3 Å². The van der Waals surface area contributed by atoms with Crippen LogP contribution in [-0.2, 0) is 6.18 Å². The molecule has 10 heteroatoms. The van der Waals surface area contributed by atoms with Crippen LogP contribution in [0.2, 0.25) is 0 Å². The first-order chi connectivity index (χ1) is 14.7. The van der Waals surface area contributed by atoms with Crippen LogP contribution in [0.1, 0.15) is 34.6 Å². The first-order valence-electron chi connectivity index (χ1n) is 9.70. The third-order valence-electron chi connectivity index (χ3n) is 5.11. The van der Waals surface area contributed by atoms with Gasteiger partial charge in [0.25, 0.3) is 5.91 Å². The van der Waals surface area contributed by atoms with Gasteiger partial charge in [0.15, 0.2) is 11.4 Å². The molecule has 2 heterocycles. The van der Waals surface area contributed by atoms with E-state index >= 15 is 0 Å². The number of benzene rings is 2. The number of aryl methyl sites for hydroxylation is 1. The third kappa shape index (κ3) is 4.23. The Kier molecular flexibility index (Phi) is 5.38. The number of carbonyl (C=O) groups is 1. The van der Waals surface area contributed by atoms with E-state index in [1.165, 1.54) is 12.1 Å². The van der Waals surface area contributed by atoms with Crippen LogP contribution in [0, 0.1) is 12.7 Å². The molecule has 1 fully saturated rings. The predicted octanol–water partition coefficient (Wildman–Crippen LogP) is 4.59. The van der Waals surface area contributed by atoms with Gasteiger partial charge in [-0.25, -0.2) is 9.07 Å². The highest BCUT2D eigenvalue weighted by atomic mass is 19.4. The van der Waals surface area contributed by atoms with Gasteiger partial charge in [0.2, 0.25) is 0 Å². The van der Waals surface area contributed by atoms with E-state index in [9.17, 15) is 22.4 Å². The highest BCUT2D eigenvalue weighted by molar-refractivity contribution is 6.04. The summed E-state index contributed by atoms with van der Waals surface area (Å²) in [5.74, 6) is -1.79. The summed E-state index contributed by atoms with van der Waals surface area (Å²) < 4.78 is 55.1. The monoisotopic (exact) mass is 433 g/mol. The molecule has 1 N–H and O–H groups in total. The molecule has 3 aromatic rings. The molecule has 0 spiro atoms. The van der Waals surface area contributed by atoms with Crippen LogP contribution >= 0.6 is 0 Å². The smallest absolute Gasteiger partial charge is 0.371 e. The van der Waals surface area contributed by atoms with Crippen LogP contribution in [0.25, 0.3) is 5.69 Å². The van der Waals surface area contributed by atoms with E-state index in [1.54, 1.807) is 12.1 Å². The average molecular weight is 433 g/mol. The zero-order chi connectivity index (χ0) is 22.2. The Morgan fingerprint density at radius 3 is 2.48 bits per heavy atom. The Morgan fingerprint density at radius 2 is 1.84 bits per heavy atom. The highest BCUT2D eigenvalue weighted by Gasteiger charge is 2.42. The number of hydrogen-bond donors (Lipinski definition) is 1. The number of aromatic nitrogens is 3. The molecule has 162 valence electrons. The largest absolute Gasteiger partial charge is 0.435 e. The van der Waals surface area contributed by atoms with Gasteiger partial charge in [0, 0.05) is 24.5 Å². The van der Waals surface area contributed by atoms with E-state index in [1.807, 2.05) is 13.0 Å². The van der Waals surface area contributed by atoms with E-state index in [0.717, 1.165) is 49.3 Å². The topological polar surface area (TPSA) is 63.1 Å². The predicted molar refractivity (Wildman–Crippen MR) is 107 cm³/mol. The van der Waals surface area contributed by atoms with Crippen LogP contribution in [-0.4, -0.2) is 34.0 Å². The lowest BCUT2D eigenvalue weighted by Crippen LogP contribution is -2.21. The Balaban J connectivity index is 1.64. The first kappa shape index (κ1) is 20.8. The summed E-state index contributed by atoms with van der Waals surface area (Å²) in [6.07, 6.45) is -2.71. The van der Waals surface area contributed by atoms with Gasteiger partial charge in [-0.2, -0.15) is 13.2 Å². The number of halogens is 4. The fourth-order valence-corrected chi connectivity index (χ4v) is 3.71. The SMILES string of the molecule is Cc1cc(NC(=O)c2nnn(-c3cccc(F)c3)c2C(F)(F)F)ccc1N1CCCC1. The number of carbonyl (C=O) groups excluding carboxylic acids is 1. The van der Waals surface area contributed by atoms with Gasteiger partial charge in [0.05, 0.1) is 5.69 Å². The van der Waals surface area contributed by atoms with Gasteiger partial charge >= 0.3 is 6.18 Å². The Morgan fingerprint density at radius 1 is 1.10 bits per heavy atom. The average Bonchev–Trinajstić information content (AvgIpc) is 3.38. The summed E-state index contributed by atoms with van der Waals surface area (Å²) in [6, 6.07) is 9.65. The molecule has 0 unspecified atom stereocenters. The quantitative estimate of drug-likeness (QED) is 0.612. The number of hydrogen-bond acceptors (Lipinski definition) is 4. The van der Waals surface area contributed by atoms with Crippen molar-refractivity contribution in [2.24, 2.45) is 0 Å². The van der Waals surface area contributed by atoms with Gasteiger partial charge < -0.3 is 10.2 Å². The summed E-state index contributed by atoms with van der Waals surface area (Å²) in [5, 5.41) is 9.35. The van der Waals surface area contributed by atoms with Crippen molar-refractivity contribution >= 4 is 17.3 Å². The van der Waals surface area contributed by atoms with Crippen molar-refractivity contribution in [3.05, 3.63) is 65.2 Å². The molecule has 1 aliphatic heterocycles. The highest BCUT2D eigenvalue weighted by Crippen LogP contribution is 2.33. The van der Waals surface area contributed by atoms with Crippen LogP contribution in [0.5, 0.6) is 0 Å². The van der Waals surface area contributed by atoms with Gasteiger partial charge in [-0.3, -0.25) is 4.79 Å². The Labute approximate surface area is 175 Å². The first-order valence-corrected chi connectivity index (χ1v) is 9.70. The van der Waals surface area contributed by atoms with E-state index in [-0.39, 0.29) is 5.69 Å². The van der Waals surface area contributed by atoms with Crippen molar-refractivity contribution < 1.29 is 22.4 Å². The van der Waals surface area contributed by atoms with E-state index in [0.29, 0.717) is 10.4 Å². The second-order valence-corrected chi connectivity index (χ2v) is 7.33. The van der Waals surface area contributed by atoms with E-state index < -0.39 is 29.3 Å². The molecule has 6 nitrogen and oxygen atoms in total. The maximum atomic E-state index is 13.7. The van der Waals surface area contributed by atoms with Crippen LogP contribution in [0.15, 0.2) is 42.5 Å². The molecular formula is C21H19F4N5O. The second kappa shape index (κ2) is 8.01. The molecule has 1 aromatic heterocycles. The van der Waals surface area contributed by atoms with Crippen LogP contribution in [0.4, 0.5) is 28.9 Å². The number of rotatable bonds is 4. The molecule has 1 aliphatic rings. The van der Waals surface area contributed by atoms with Crippen molar-refractivity contribution in [3.63, 3.8) is 0 Å². The molecular weight excluding hydrogens is 414 g/mol. The van der Waals surface area contributed by atoms with E-state index in [4.69, 9.17) is 0 Å². The molecule has 1 saturated heterocycles. The standard InChI is InChI=1S/C21H19F4N5O/c1-13-11-15(7-8-17(13)29-9-2-3-10-29)26-20(31)18-19(21(23,24)25)30(28-27-18)16-6-4-5-14(22)12-16/h4-8,11-12H,2-3,9-10H2,1H3,(H,26,31). The minimum Gasteiger partial charge on any atom is -0.371 e. The molecule has 0 aliphatic carbocycles. The fraction of sp³-hybridized carbons (Fsp3) is 0.286. The van der Waals surface area contributed by atoms with Crippen LogP contribution < -0.4 is 10.2 Å². The normalized spacial score (nSPS) is 14.2. The van der Waals surface area contributed by atoms with E-state index in [2.05, 4.69) is 20.5 Å². The molecule has 0 bridgehead atoms. The molecule has 4 rings (SSSR count). The lowest BCUT2D eigenvalue weighted by Gasteiger charge is -2.20. The summed E-state index contributed by atoms with van der Waals surface area (Å²) in [6.45, 7) is 3.78. The van der Waals surface area contributed by atoms with Gasteiger partial charge in [0.1, 0.15) is 5.82 Å². The molecule has 1 amide bonds. The number of alkyl halides is 3. The maximum Gasteiger partial charge on any atom is 0.435 e. The molecule has 0 saturated carbocycles. The minimum atomic E-state index is -4.93. The Bertz CT molecular complexity index is 1120. The number of nitrogens with zero attached hydrogens (tertiary/aromatic N) is 4. The van der Waals surface area contributed by atoms with Gasteiger partial charge in [-0.15, -0.1) is 5.10 Å². The lowest BCUT2D eigenvalue weighted by molar-refractivity contribution is -0.143. The zero-order valence-electron chi connectivity index (χ0n) is 16.6. The van der Waals surface area contributed by atoms with Crippen molar-refractivity contribution in [2.45, 2.75) is 25.9 Å². The molecule has 0 radical (unpaired) electrons. The fourth-order valence-electron chi connectivity index (χ4n) is 3.71. The summed E-state index contributed by atoms with van der Waals surface area (Å²) >= 11 is 0. The summed E-state index contributed by atoms with van der Waals surface area (Å²) in [4.78, 5) is 14.9. The summed E-state index contributed by atoms with van der Waals surface area (Å²) in [7, 11) is 0. The van der Waals surface area contributed by atoms with Crippen molar-refractivity contribution in [3.8, 4) is 5.69 Å². The van der Waals surface area contributed by atoms with Gasteiger partial charge in [-0.1, -0.05) is 11.3 Å². The van der Waals surface area contributed by atoms with Gasteiger partial charge in [-0.05, 0) is 61.7 Å². The van der Waals surface area contributed by atoms with Crippen LogP contribution in [0.3, 0.4) is 0 Å². The summed E-state index contributed by atoms with van der Waals surface area (Å²) in [5.41, 5.74) is -0.176. The van der Waals surface area contributed by atoms with Crippen molar-refractivity contribution in [1.82, 2.24) is 15.0 Å². The minimum absolute atomic E-state index is 0.190. The molecule has 0 atom stereocenters. The number of amides is 1.